The number of hydrogen-bond donors (Lipinski definition) is 1. The van der Waals surface area contributed by atoms with E-state index in [0.717, 1.165) is 35.5 Å². The van der Waals surface area contributed by atoms with Crippen molar-refractivity contribution in [2.24, 2.45) is 5.92 Å². The summed E-state index contributed by atoms with van der Waals surface area (Å²) in [6.45, 7) is 4.28. The van der Waals surface area contributed by atoms with Crippen LogP contribution in [0.15, 0.2) is 11.4 Å². The normalized spacial score (nSPS) is 24.8. The van der Waals surface area contributed by atoms with Crippen LogP contribution in [0.5, 0.6) is 0 Å². The second-order valence-electron chi connectivity index (χ2n) is 5.92. The van der Waals surface area contributed by atoms with Crippen molar-refractivity contribution in [3.63, 3.8) is 0 Å². The van der Waals surface area contributed by atoms with Gasteiger partial charge in [0, 0.05) is 19.1 Å². The van der Waals surface area contributed by atoms with Crippen LogP contribution in [0, 0.1) is 5.92 Å². The molecule has 2 atom stereocenters. The second kappa shape index (κ2) is 4.88. The number of piperidine rings is 1. The highest BCUT2D eigenvalue weighted by atomic mass is 32.1. The van der Waals surface area contributed by atoms with Crippen molar-refractivity contribution >= 4 is 33.3 Å². The van der Waals surface area contributed by atoms with Crippen molar-refractivity contribution < 1.29 is 0 Å². The summed E-state index contributed by atoms with van der Waals surface area (Å²) in [7, 11) is 0. The molecule has 0 spiro atoms. The molecule has 2 fully saturated rings. The average molecular weight is 288 g/mol. The third-order valence-electron chi connectivity index (χ3n) is 4.52. The van der Waals surface area contributed by atoms with Gasteiger partial charge in [-0.2, -0.15) is 4.98 Å². The van der Waals surface area contributed by atoms with Crippen molar-refractivity contribution in [1.82, 2.24) is 9.97 Å². The van der Waals surface area contributed by atoms with Gasteiger partial charge < -0.3 is 10.2 Å². The summed E-state index contributed by atoms with van der Waals surface area (Å²) in [5, 5.41) is 6.69. The Morgan fingerprint density at radius 3 is 3.10 bits per heavy atom. The van der Waals surface area contributed by atoms with E-state index in [2.05, 4.69) is 33.6 Å². The van der Waals surface area contributed by atoms with Crippen molar-refractivity contribution in [2.45, 2.75) is 38.6 Å². The quantitative estimate of drug-likeness (QED) is 0.935. The standard InChI is InChI=1S/C15H20N4S/c1-2-6-16-15-17-13(12-5-7-20-14(12)18-15)19-9-10-3-4-11(19)8-10/h5,7,10-11H,2-4,6,8-9H2,1H3,(H,16,17,18). The first-order chi connectivity index (χ1) is 9.85. The second-order valence-corrected chi connectivity index (χ2v) is 6.82. The fourth-order valence-electron chi connectivity index (χ4n) is 3.56. The molecule has 2 bridgehead atoms. The van der Waals surface area contributed by atoms with Gasteiger partial charge in [-0.1, -0.05) is 6.92 Å². The summed E-state index contributed by atoms with van der Waals surface area (Å²) in [5.41, 5.74) is 0. The monoisotopic (exact) mass is 288 g/mol. The van der Waals surface area contributed by atoms with Crippen molar-refractivity contribution in [1.29, 1.82) is 0 Å². The lowest BCUT2D eigenvalue weighted by Gasteiger charge is -2.28. The predicted molar refractivity (Wildman–Crippen MR) is 84.7 cm³/mol. The van der Waals surface area contributed by atoms with Crippen LogP contribution in [0.3, 0.4) is 0 Å². The molecule has 2 aromatic rings. The molecule has 0 amide bonds. The minimum Gasteiger partial charge on any atom is -0.354 e. The van der Waals surface area contributed by atoms with Crippen molar-refractivity contribution in [2.75, 3.05) is 23.3 Å². The Balaban J connectivity index is 1.74. The van der Waals surface area contributed by atoms with E-state index in [4.69, 9.17) is 4.98 Å². The van der Waals surface area contributed by atoms with E-state index in [9.17, 15) is 0 Å². The van der Waals surface area contributed by atoms with E-state index >= 15 is 0 Å². The molecular formula is C15H20N4S. The topological polar surface area (TPSA) is 41.1 Å². The van der Waals surface area contributed by atoms with Gasteiger partial charge in [-0.15, -0.1) is 11.3 Å². The van der Waals surface area contributed by atoms with Crippen LogP contribution in [-0.4, -0.2) is 29.1 Å². The minimum absolute atomic E-state index is 0.706. The van der Waals surface area contributed by atoms with Gasteiger partial charge in [0.05, 0.1) is 5.39 Å². The summed E-state index contributed by atoms with van der Waals surface area (Å²) in [4.78, 5) is 13.1. The third-order valence-corrected chi connectivity index (χ3v) is 5.33. The smallest absolute Gasteiger partial charge is 0.226 e. The van der Waals surface area contributed by atoms with Gasteiger partial charge in [0.15, 0.2) is 0 Å². The van der Waals surface area contributed by atoms with E-state index in [1.165, 1.54) is 31.2 Å². The maximum atomic E-state index is 4.82. The van der Waals surface area contributed by atoms with Crippen LogP contribution in [0.1, 0.15) is 32.6 Å². The summed E-state index contributed by atoms with van der Waals surface area (Å²) < 4.78 is 0. The van der Waals surface area contributed by atoms with Crippen molar-refractivity contribution in [3.05, 3.63) is 11.4 Å². The van der Waals surface area contributed by atoms with E-state index in [0.29, 0.717) is 6.04 Å². The molecule has 3 heterocycles. The molecule has 0 radical (unpaired) electrons. The van der Waals surface area contributed by atoms with Crippen LogP contribution in [0.25, 0.3) is 10.2 Å². The summed E-state index contributed by atoms with van der Waals surface area (Å²) in [6.07, 6.45) is 5.18. The molecule has 1 saturated heterocycles. The summed E-state index contributed by atoms with van der Waals surface area (Å²) in [5.74, 6) is 2.83. The Kier molecular flexibility index (Phi) is 3.02. The zero-order valence-corrected chi connectivity index (χ0v) is 12.6. The first-order valence-electron chi connectivity index (χ1n) is 7.61. The number of nitrogens with one attached hydrogen (secondary N) is 1. The molecule has 2 aromatic heterocycles. The highest BCUT2D eigenvalue weighted by molar-refractivity contribution is 7.16. The van der Waals surface area contributed by atoms with Gasteiger partial charge >= 0.3 is 0 Å². The van der Waals surface area contributed by atoms with Gasteiger partial charge in [-0.3, -0.25) is 0 Å². The minimum atomic E-state index is 0.706. The van der Waals surface area contributed by atoms with E-state index in [-0.39, 0.29) is 0 Å². The molecular weight excluding hydrogens is 268 g/mol. The molecule has 1 N–H and O–H groups in total. The Morgan fingerprint density at radius 1 is 1.40 bits per heavy atom. The number of aromatic nitrogens is 2. The summed E-state index contributed by atoms with van der Waals surface area (Å²) in [6, 6.07) is 2.88. The molecule has 1 aliphatic heterocycles. The van der Waals surface area contributed by atoms with Crippen LogP contribution in [0.2, 0.25) is 0 Å². The maximum absolute atomic E-state index is 4.82. The third kappa shape index (κ3) is 1.95. The molecule has 2 aliphatic rings. The fourth-order valence-corrected chi connectivity index (χ4v) is 4.32. The Morgan fingerprint density at radius 2 is 2.35 bits per heavy atom. The molecule has 20 heavy (non-hydrogen) atoms. The molecule has 1 aliphatic carbocycles. The maximum Gasteiger partial charge on any atom is 0.226 e. The van der Waals surface area contributed by atoms with Crippen LogP contribution < -0.4 is 10.2 Å². The molecule has 5 heteroatoms. The number of rotatable bonds is 4. The van der Waals surface area contributed by atoms with Crippen LogP contribution >= 0.6 is 11.3 Å². The van der Waals surface area contributed by atoms with Gasteiger partial charge in [-0.25, -0.2) is 4.98 Å². The van der Waals surface area contributed by atoms with Gasteiger partial charge in [-0.05, 0) is 43.0 Å². The average Bonchev–Trinajstić information content (AvgIpc) is 3.19. The first-order valence-corrected chi connectivity index (χ1v) is 8.49. The lowest BCUT2D eigenvalue weighted by atomic mass is 10.1. The number of anilines is 2. The van der Waals surface area contributed by atoms with Gasteiger partial charge in [0.2, 0.25) is 5.95 Å². The Labute approximate surface area is 123 Å². The number of nitrogens with zero attached hydrogens (tertiary/aromatic N) is 3. The lowest BCUT2D eigenvalue weighted by Crippen LogP contribution is -2.32. The lowest BCUT2D eigenvalue weighted by molar-refractivity contribution is 0.551. The van der Waals surface area contributed by atoms with Crippen LogP contribution in [0.4, 0.5) is 11.8 Å². The highest BCUT2D eigenvalue weighted by Gasteiger charge is 2.39. The first kappa shape index (κ1) is 12.4. The Bertz CT molecular complexity index is 623. The molecule has 4 rings (SSSR count). The number of hydrogen-bond acceptors (Lipinski definition) is 5. The summed E-state index contributed by atoms with van der Waals surface area (Å²) >= 11 is 1.71. The number of fused-ring (bicyclic) bond motifs is 3. The van der Waals surface area contributed by atoms with E-state index in [1.807, 2.05) is 0 Å². The zero-order valence-electron chi connectivity index (χ0n) is 11.8. The van der Waals surface area contributed by atoms with Crippen LogP contribution in [-0.2, 0) is 0 Å². The van der Waals surface area contributed by atoms with Gasteiger partial charge in [0.25, 0.3) is 0 Å². The van der Waals surface area contributed by atoms with Crippen molar-refractivity contribution in [3.8, 4) is 0 Å². The largest absolute Gasteiger partial charge is 0.354 e. The molecule has 0 aromatic carbocycles. The fraction of sp³-hybridized carbons (Fsp3) is 0.600. The SMILES string of the molecule is CCCNc1nc(N2CC3CCC2C3)c2ccsc2n1. The highest BCUT2D eigenvalue weighted by Crippen LogP contribution is 2.42. The van der Waals surface area contributed by atoms with Gasteiger partial charge in [0.1, 0.15) is 10.6 Å². The van der Waals surface area contributed by atoms with E-state index in [1.54, 1.807) is 11.3 Å². The van der Waals surface area contributed by atoms with E-state index < -0.39 is 0 Å². The zero-order chi connectivity index (χ0) is 13.5. The molecule has 2 unspecified atom stereocenters. The Hall–Kier alpha value is -1.36. The molecule has 106 valence electrons. The molecule has 1 saturated carbocycles. The number of thiophene rings is 1. The molecule has 4 nitrogen and oxygen atoms in total. The predicted octanol–water partition coefficient (Wildman–Crippen LogP) is 3.50.